The van der Waals surface area contributed by atoms with E-state index in [2.05, 4.69) is 40.9 Å². The molecule has 1 N–H and O–H groups in total. The second-order valence-corrected chi connectivity index (χ2v) is 13.1. The molecule has 2 aliphatic rings. The highest BCUT2D eigenvalue weighted by atomic mass is 16.5. The van der Waals surface area contributed by atoms with Crippen LogP contribution in [0.2, 0.25) is 0 Å². The van der Waals surface area contributed by atoms with Gasteiger partial charge in [-0.25, -0.2) is 4.98 Å². The van der Waals surface area contributed by atoms with Gasteiger partial charge in [0.15, 0.2) is 5.82 Å². The molecule has 10 nitrogen and oxygen atoms in total. The first kappa shape index (κ1) is 31.2. The molecule has 0 radical (unpaired) electrons. The number of methoxy groups -OCH3 is 1. The van der Waals surface area contributed by atoms with E-state index in [1.165, 1.54) is 0 Å². The van der Waals surface area contributed by atoms with Crippen molar-refractivity contribution < 1.29 is 24.2 Å². The number of amides is 1. The summed E-state index contributed by atoms with van der Waals surface area (Å²) in [5.74, 6) is 1.64. The van der Waals surface area contributed by atoms with Crippen molar-refractivity contribution in [3.8, 4) is 11.6 Å². The fourth-order valence-electron chi connectivity index (χ4n) is 5.92. The number of pyridine rings is 1. The van der Waals surface area contributed by atoms with Crippen LogP contribution in [-0.2, 0) is 4.79 Å². The molecule has 44 heavy (non-hydrogen) atoms. The molecule has 1 amide bonds. The Kier molecular flexibility index (Phi) is 9.66. The van der Waals surface area contributed by atoms with Gasteiger partial charge in [-0.05, 0) is 84.7 Å². The molecule has 2 fully saturated rings. The number of nitrogens with zero attached hydrogens (tertiary/aromatic N) is 5. The topological polar surface area (TPSA) is 118 Å². The van der Waals surface area contributed by atoms with Gasteiger partial charge in [-0.1, -0.05) is 20.8 Å². The first-order chi connectivity index (χ1) is 21.1. The number of aliphatic carboxylic acids is 1. The molecule has 3 aromatic rings. The molecule has 0 bridgehead atoms. The second kappa shape index (κ2) is 13.6. The number of anilines is 2. The molecular formula is C34H43N5O5. The zero-order valence-electron chi connectivity index (χ0n) is 26.1. The predicted octanol–water partition coefficient (Wildman–Crippen LogP) is 5.84. The van der Waals surface area contributed by atoms with E-state index in [-0.39, 0.29) is 23.7 Å². The Morgan fingerprint density at radius 2 is 1.84 bits per heavy atom. The molecule has 1 atom stereocenters. The van der Waals surface area contributed by atoms with Crippen molar-refractivity contribution in [1.29, 1.82) is 0 Å². The lowest BCUT2D eigenvalue weighted by molar-refractivity contribution is -0.137. The third-order valence-electron chi connectivity index (χ3n) is 8.34. The summed E-state index contributed by atoms with van der Waals surface area (Å²) in [6.45, 7) is 8.84. The van der Waals surface area contributed by atoms with E-state index < -0.39 is 5.97 Å². The summed E-state index contributed by atoms with van der Waals surface area (Å²) in [6.07, 6.45) is 7.39. The fraction of sp³-hybridized carbons (Fsp3) is 0.500. The molecule has 5 rings (SSSR count). The fourth-order valence-corrected chi connectivity index (χ4v) is 5.92. The van der Waals surface area contributed by atoms with Crippen molar-refractivity contribution >= 4 is 23.4 Å². The number of piperidine rings is 1. The lowest BCUT2D eigenvalue weighted by atomic mass is 9.92. The summed E-state index contributed by atoms with van der Waals surface area (Å²) < 4.78 is 11.7. The maximum Gasteiger partial charge on any atom is 0.303 e. The third-order valence-corrected chi connectivity index (χ3v) is 8.34. The third kappa shape index (κ3) is 8.03. The number of carboxylic acid groups (broad SMARTS) is 1. The normalized spacial score (nSPS) is 16.3. The monoisotopic (exact) mass is 601 g/mol. The maximum atomic E-state index is 14.1. The van der Waals surface area contributed by atoms with Crippen molar-refractivity contribution in [2.75, 3.05) is 43.2 Å². The number of carbonyl (C=O) groups excluding carboxylic acids is 1. The van der Waals surface area contributed by atoms with E-state index in [0.717, 1.165) is 50.0 Å². The quantitative estimate of drug-likeness (QED) is 0.273. The van der Waals surface area contributed by atoms with Crippen LogP contribution in [0.4, 0.5) is 11.5 Å². The van der Waals surface area contributed by atoms with Crippen molar-refractivity contribution in [2.24, 2.45) is 17.3 Å². The largest absolute Gasteiger partial charge is 0.497 e. The van der Waals surface area contributed by atoms with Gasteiger partial charge in [0.25, 0.3) is 5.91 Å². The lowest BCUT2D eigenvalue weighted by Gasteiger charge is -2.35. The van der Waals surface area contributed by atoms with Gasteiger partial charge in [0.2, 0.25) is 5.88 Å². The molecule has 1 aliphatic carbocycles. The molecule has 1 unspecified atom stereocenters. The van der Waals surface area contributed by atoms with Crippen LogP contribution >= 0.6 is 0 Å². The molecule has 1 saturated heterocycles. The SMILES string of the molecule is COc1ccc(C(=O)N(CC(C)(C)C)c2cccnn2)c(N2CCC(COc3cc(C(CC(=O)O)C4CC4)ccn3)CC2)c1. The first-order valence-corrected chi connectivity index (χ1v) is 15.4. The Morgan fingerprint density at radius 3 is 2.48 bits per heavy atom. The average molecular weight is 602 g/mol. The van der Waals surface area contributed by atoms with Gasteiger partial charge in [-0.3, -0.25) is 14.5 Å². The van der Waals surface area contributed by atoms with Gasteiger partial charge < -0.3 is 19.5 Å². The number of benzene rings is 1. The zero-order chi connectivity index (χ0) is 31.3. The van der Waals surface area contributed by atoms with Crippen molar-refractivity contribution in [1.82, 2.24) is 15.2 Å². The molecule has 2 aromatic heterocycles. The van der Waals surface area contributed by atoms with Gasteiger partial charge in [0.05, 0.1) is 31.4 Å². The van der Waals surface area contributed by atoms with E-state index in [1.807, 2.05) is 36.4 Å². The van der Waals surface area contributed by atoms with Crippen LogP contribution in [0.15, 0.2) is 54.9 Å². The lowest BCUT2D eigenvalue weighted by Crippen LogP contribution is -2.41. The van der Waals surface area contributed by atoms with Crippen LogP contribution in [0.5, 0.6) is 11.6 Å². The molecule has 1 saturated carbocycles. The van der Waals surface area contributed by atoms with Gasteiger partial charge in [-0.15, -0.1) is 5.10 Å². The van der Waals surface area contributed by atoms with E-state index in [4.69, 9.17) is 9.47 Å². The van der Waals surface area contributed by atoms with Crippen molar-refractivity contribution in [2.45, 2.75) is 58.8 Å². The molecule has 1 aliphatic heterocycles. The van der Waals surface area contributed by atoms with Crippen molar-refractivity contribution in [3.05, 3.63) is 66.0 Å². The average Bonchev–Trinajstić information content (AvgIpc) is 3.87. The summed E-state index contributed by atoms with van der Waals surface area (Å²) in [6, 6.07) is 13.0. The summed E-state index contributed by atoms with van der Waals surface area (Å²) in [5, 5.41) is 17.7. The molecular weight excluding hydrogens is 558 g/mol. The Bertz CT molecular complexity index is 1430. The summed E-state index contributed by atoms with van der Waals surface area (Å²) >= 11 is 0. The summed E-state index contributed by atoms with van der Waals surface area (Å²) in [4.78, 5) is 33.9. The number of hydrogen-bond acceptors (Lipinski definition) is 8. The van der Waals surface area contributed by atoms with Crippen LogP contribution in [-0.4, -0.2) is 65.5 Å². The highest BCUT2D eigenvalue weighted by Crippen LogP contribution is 2.45. The van der Waals surface area contributed by atoms with Gasteiger partial charge in [-0.2, -0.15) is 5.10 Å². The highest BCUT2D eigenvalue weighted by Gasteiger charge is 2.34. The summed E-state index contributed by atoms with van der Waals surface area (Å²) in [5.41, 5.74) is 2.28. The highest BCUT2D eigenvalue weighted by molar-refractivity contribution is 6.09. The predicted molar refractivity (Wildman–Crippen MR) is 169 cm³/mol. The second-order valence-electron chi connectivity index (χ2n) is 13.1. The number of hydrogen-bond donors (Lipinski definition) is 1. The Balaban J connectivity index is 1.26. The van der Waals surface area contributed by atoms with Crippen LogP contribution in [0.25, 0.3) is 0 Å². The number of aromatic nitrogens is 3. The molecule has 10 heteroatoms. The molecule has 0 spiro atoms. The molecule has 3 heterocycles. The van der Waals surface area contributed by atoms with E-state index in [9.17, 15) is 14.7 Å². The number of carbonyl (C=O) groups is 2. The number of carboxylic acids is 1. The number of rotatable bonds is 12. The van der Waals surface area contributed by atoms with Gasteiger partial charge in [0.1, 0.15) is 5.75 Å². The van der Waals surface area contributed by atoms with Crippen LogP contribution in [0.1, 0.15) is 74.7 Å². The maximum absolute atomic E-state index is 14.1. The first-order valence-electron chi connectivity index (χ1n) is 15.4. The standard InChI is InChI=1S/C34H43N5O5/c1-34(2,3)22-39(30-6-5-14-36-37-30)33(42)27-10-9-26(43-4)19-29(27)38-16-12-23(13-17-38)21-44-31-18-25(11-15-35-31)28(20-32(40)41)24-7-8-24/h5-6,9-11,14-15,18-19,23-24,28H,7-8,12-13,16-17,20-22H2,1-4H3,(H,40,41). The van der Waals surface area contributed by atoms with Gasteiger partial charge in [0, 0.05) is 44.2 Å². The minimum Gasteiger partial charge on any atom is -0.497 e. The molecule has 234 valence electrons. The van der Waals surface area contributed by atoms with Crippen LogP contribution < -0.4 is 19.3 Å². The van der Waals surface area contributed by atoms with Crippen LogP contribution in [0.3, 0.4) is 0 Å². The zero-order valence-corrected chi connectivity index (χ0v) is 26.1. The smallest absolute Gasteiger partial charge is 0.303 e. The van der Waals surface area contributed by atoms with Gasteiger partial charge >= 0.3 is 5.97 Å². The Morgan fingerprint density at radius 1 is 1.07 bits per heavy atom. The number of ether oxygens (including phenoxy) is 2. The molecule has 1 aromatic carbocycles. The van der Waals surface area contributed by atoms with E-state index in [1.54, 1.807) is 30.5 Å². The van der Waals surface area contributed by atoms with E-state index in [0.29, 0.717) is 48.0 Å². The van der Waals surface area contributed by atoms with Crippen molar-refractivity contribution in [3.63, 3.8) is 0 Å². The Hall–Kier alpha value is -4.21. The minimum absolute atomic E-state index is 0.00844. The van der Waals surface area contributed by atoms with E-state index >= 15 is 0 Å². The Labute approximate surface area is 259 Å². The summed E-state index contributed by atoms with van der Waals surface area (Å²) in [7, 11) is 1.63. The van der Waals surface area contributed by atoms with Crippen LogP contribution in [0, 0.1) is 17.3 Å². The minimum atomic E-state index is -0.774.